The van der Waals surface area contributed by atoms with Crippen molar-refractivity contribution in [2.75, 3.05) is 6.61 Å². The summed E-state index contributed by atoms with van der Waals surface area (Å²) in [4.78, 5) is 16.7. The van der Waals surface area contributed by atoms with Crippen molar-refractivity contribution >= 4 is 22.9 Å². The molecule has 2 unspecified atom stereocenters. The van der Waals surface area contributed by atoms with E-state index in [1.807, 2.05) is 37.3 Å². The van der Waals surface area contributed by atoms with Gasteiger partial charge in [-0.3, -0.25) is 9.78 Å². The van der Waals surface area contributed by atoms with E-state index in [0.717, 1.165) is 46.1 Å². The lowest BCUT2D eigenvalue weighted by Crippen LogP contribution is -2.21. The first-order chi connectivity index (χ1) is 16.5. The first kappa shape index (κ1) is 24.0. The lowest BCUT2D eigenvalue weighted by atomic mass is 9.92. The van der Waals surface area contributed by atoms with Crippen molar-refractivity contribution in [3.05, 3.63) is 71.7 Å². The van der Waals surface area contributed by atoms with Crippen LogP contribution in [0.2, 0.25) is 0 Å². The molecule has 5 nitrogen and oxygen atoms in total. The Hall–Kier alpha value is -3.09. The minimum atomic E-state index is -1.00. The Kier molecular flexibility index (Phi) is 7.70. The summed E-state index contributed by atoms with van der Waals surface area (Å²) in [5.74, 6) is -0.429. The van der Waals surface area contributed by atoms with Crippen molar-refractivity contribution in [2.45, 2.75) is 57.2 Å². The molecule has 1 aromatic heterocycles. The molecule has 2 atom stereocenters. The van der Waals surface area contributed by atoms with Crippen LogP contribution in [0, 0.1) is 5.82 Å². The second-order valence-electron chi connectivity index (χ2n) is 8.82. The number of aromatic nitrogens is 1. The molecule has 34 heavy (non-hydrogen) atoms. The van der Waals surface area contributed by atoms with Crippen LogP contribution in [-0.4, -0.2) is 40.0 Å². The van der Waals surface area contributed by atoms with Crippen LogP contribution < -0.4 is 0 Å². The molecule has 1 saturated carbocycles. The summed E-state index contributed by atoms with van der Waals surface area (Å²) in [5.41, 5.74) is 4.55. The topological polar surface area (TPSA) is 79.7 Å². The molecule has 2 aromatic carbocycles. The van der Waals surface area contributed by atoms with Gasteiger partial charge in [0.15, 0.2) is 0 Å². The second kappa shape index (κ2) is 10.9. The van der Waals surface area contributed by atoms with E-state index in [1.54, 1.807) is 18.2 Å². The van der Waals surface area contributed by atoms with E-state index < -0.39 is 18.2 Å². The SMILES string of the molecule is CCCOC(=O)CC(O)CC(O)C=Cc1c(C2CC2)nc2ccccc2c1-c1ccc(F)cc1. The summed E-state index contributed by atoms with van der Waals surface area (Å²) in [5, 5.41) is 21.7. The van der Waals surface area contributed by atoms with E-state index in [2.05, 4.69) is 0 Å². The fourth-order valence-electron chi connectivity index (χ4n) is 4.13. The molecule has 3 aromatic rings. The normalized spacial score (nSPS) is 15.5. The Balaban J connectivity index is 1.65. The van der Waals surface area contributed by atoms with Crippen molar-refractivity contribution in [3.8, 4) is 11.1 Å². The van der Waals surface area contributed by atoms with Crippen LogP contribution in [0.3, 0.4) is 0 Å². The summed E-state index contributed by atoms with van der Waals surface area (Å²) in [7, 11) is 0. The van der Waals surface area contributed by atoms with Gasteiger partial charge >= 0.3 is 5.97 Å². The van der Waals surface area contributed by atoms with Crippen molar-refractivity contribution in [1.82, 2.24) is 4.98 Å². The van der Waals surface area contributed by atoms with E-state index in [4.69, 9.17) is 9.72 Å². The zero-order valence-electron chi connectivity index (χ0n) is 19.3. The fourth-order valence-corrected chi connectivity index (χ4v) is 4.13. The number of carbonyl (C=O) groups is 1. The van der Waals surface area contributed by atoms with Crippen LogP contribution in [0.15, 0.2) is 54.6 Å². The average Bonchev–Trinajstić information content (AvgIpc) is 3.66. The molecular formula is C28H30FNO4. The summed E-state index contributed by atoms with van der Waals surface area (Å²) >= 11 is 0. The largest absolute Gasteiger partial charge is 0.466 e. The van der Waals surface area contributed by atoms with E-state index in [1.165, 1.54) is 12.1 Å². The van der Waals surface area contributed by atoms with Gasteiger partial charge in [0.1, 0.15) is 5.82 Å². The molecule has 0 saturated heterocycles. The molecule has 1 aliphatic carbocycles. The van der Waals surface area contributed by atoms with Crippen LogP contribution in [0.4, 0.5) is 4.39 Å². The monoisotopic (exact) mass is 463 g/mol. The van der Waals surface area contributed by atoms with Crippen LogP contribution in [0.5, 0.6) is 0 Å². The standard InChI is InChI=1S/C28H30FNO4/c1-2-15-34-26(33)17-22(32)16-21(31)13-14-24-27(18-9-11-20(29)12-10-18)23-5-3-4-6-25(23)30-28(24)19-7-8-19/h3-6,9-14,19,21-22,31-32H,2,7-8,15-17H2,1H3. The fraction of sp³-hybridized carbons (Fsp3) is 0.357. The number of hydrogen-bond acceptors (Lipinski definition) is 5. The highest BCUT2D eigenvalue weighted by molar-refractivity contribution is 5.99. The molecule has 1 aliphatic rings. The molecule has 0 bridgehead atoms. The number of ether oxygens (including phenoxy) is 1. The van der Waals surface area contributed by atoms with Gasteiger partial charge in [-0.2, -0.15) is 0 Å². The molecule has 178 valence electrons. The van der Waals surface area contributed by atoms with E-state index >= 15 is 0 Å². The third kappa shape index (κ3) is 5.88. The van der Waals surface area contributed by atoms with Gasteiger partial charge < -0.3 is 14.9 Å². The number of nitrogens with zero attached hydrogens (tertiary/aromatic N) is 1. The van der Waals surface area contributed by atoms with E-state index in [-0.39, 0.29) is 18.7 Å². The summed E-state index contributed by atoms with van der Waals surface area (Å²) in [6.07, 6.45) is 4.20. The third-order valence-electron chi connectivity index (χ3n) is 5.92. The third-order valence-corrected chi connectivity index (χ3v) is 5.92. The zero-order valence-corrected chi connectivity index (χ0v) is 19.3. The van der Waals surface area contributed by atoms with Crippen molar-refractivity contribution in [3.63, 3.8) is 0 Å². The van der Waals surface area contributed by atoms with Crippen LogP contribution in [0.1, 0.15) is 56.2 Å². The highest BCUT2D eigenvalue weighted by Gasteiger charge is 2.29. The highest BCUT2D eigenvalue weighted by Crippen LogP contribution is 2.45. The molecule has 6 heteroatoms. The molecule has 0 spiro atoms. The van der Waals surface area contributed by atoms with Crippen molar-refractivity contribution in [1.29, 1.82) is 0 Å². The molecule has 1 fully saturated rings. The van der Waals surface area contributed by atoms with Crippen LogP contribution in [-0.2, 0) is 9.53 Å². The maximum atomic E-state index is 13.7. The number of pyridine rings is 1. The Morgan fingerprint density at radius 1 is 1.18 bits per heavy atom. The molecule has 1 heterocycles. The van der Waals surface area contributed by atoms with Gasteiger partial charge in [-0.15, -0.1) is 0 Å². The highest BCUT2D eigenvalue weighted by atomic mass is 19.1. The number of esters is 1. The zero-order chi connectivity index (χ0) is 24.1. The maximum absolute atomic E-state index is 13.7. The Morgan fingerprint density at radius 3 is 2.62 bits per heavy atom. The second-order valence-corrected chi connectivity index (χ2v) is 8.82. The number of halogens is 1. The van der Waals surface area contributed by atoms with Gasteiger partial charge in [-0.25, -0.2) is 4.39 Å². The average molecular weight is 464 g/mol. The number of para-hydroxylation sites is 1. The van der Waals surface area contributed by atoms with Crippen molar-refractivity contribution < 1.29 is 24.1 Å². The van der Waals surface area contributed by atoms with Gasteiger partial charge in [0.2, 0.25) is 0 Å². The molecule has 2 N–H and O–H groups in total. The summed E-state index contributed by atoms with van der Waals surface area (Å²) in [6, 6.07) is 14.3. The van der Waals surface area contributed by atoms with Gasteiger partial charge in [0.25, 0.3) is 0 Å². The quantitative estimate of drug-likeness (QED) is 0.394. The van der Waals surface area contributed by atoms with Crippen molar-refractivity contribution in [2.24, 2.45) is 0 Å². The minimum Gasteiger partial charge on any atom is -0.466 e. The Bertz CT molecular complexity index is 1170. The van der Waals surface area contributed by atoms with E-state index in [9.17, 15) is 19.4 Å². The smallest absolute Gasteiger partial charge is 0.308 e. The molecule has 0 radical (unpaired) electrons. The van der Waals surface area contributed by atoms with Gasteiger partial charge in [-0.1, -0.05) is 49.4 Å². The lowest BCUT2D eigenvalue weighted by molar-refractivity contribution is -0.146. The van der Waals surface area contributed by atoms with Gasteiger partial charge in [-0.05, 0) is 43.0 Å². The van der Waals surface area contributed by atoms with Gasteiger partial charge in [0.05, 0.1) is 36.4 Å². The van der Waals surface area contributed by atoms with Crippen LogP contribution in [0.25, 0.3) is 28.1 Å². The minimum absolute atomic E-state index is 0.0172. The van der Waals surface area contributed by atoms with Crippen LogP contribution >= 0.6 is 0 Å². The summed E-state index contributed by atoms with van der Waals surface area (Å²) < 4.78 is 18.7. The number of carbonyl (C=O) groups excluding carboxylic acids is 1. The maximum Gasteiger partial charge on any atom is 0.308 e. The lowest BCUT2D eigenvalue weighted by Gasteiger charge is -2.16. The molecule has 0 amide bonds. The number of hydrogen-bond donors (Lipinski definition) is 2. The molecule has 4 rings (SSSR count). The van der Waals surface area contributed by atoms with E-state index in [0.29, 0.717) is 18.9 Å². The number of benzene rings is 2. The number of rotatable bonds is 10. The number of aliphatic hydroxyl groups is 2. The Labute approximate surface area is 198 Å². The molecule has 0 aliphatic heterocycles. The summed E-state index contributed by atoms with van der Waals surface area (Å²) in [6.45, 7) is 2.22. The first-order valence-corrected chi connectivity index (χ1v) is 11.8. The Morgan fingerprint density at radius 2 is 1.91 bits per heavy atom. The number of aliphatic hydroxyl groups excluding tert-OH is 2. The molecular weight excluding hydrogens is 433 g/mol. The predicted molar refractivity (Wildman–Crippen MR) is 131 cm³/mol. The van der Waals surface area contributed by atoms with Gasteiger partial charge in [0, 0.05) is 28.9 Å². The number of fused-ring (bicyclic) bond motifs is 1. The first-order valence-electron chi connectivity index (χ1n) is 11.8. The predicted octanol–water partition coefficient (Wildman–Crippen LogP) is 5.39.